The largest absolute Gasteiger partial charge is 0.408 e. The third-order valence-electron chi connectivity index (χ3n) is 6.26. The van der Waals surface area contributed by atoms with Gasteiger partial charge in [0.15, 0.2) is 14.5 Å². The van der Waals surface area contributed by atoms with Crippen molar-refractivity contribution in [2.24, 2.45) is 0 Å². The van der Waals surface area contributed by atoms with E-state index in [4.69, 9.17) is 21.0 Å². The summed E-state index contributed by atoms with van der Waals surface area (Å²) < 4.78 is 29.2. The van der Waals surface area contributed by atoms with Gasteiger partial charge in [-0.2, -0.15) is 4.98 Å². The van der Waals surface area contributed by atoms with E-state index in [2.05, 4.69) is 25.8 Å². The van der Waals surface area contributed by atoms with Crippen LogP contribution in [0.4, 0.5) is 5.82 Å². The molecule has 0 amide bonds. The van der Waals surface area contributed by atoms with Crippen LogP contribution in [0.3, 0.4) is 0 Å². The summed E-state index contributed by atoms with van der Waals surface area (Å²) in [5.41, 5.74) is 3.52. The van der Waals surface area contributed by atoms with Crippen LogP contribution in [0.2, 0.25) is 18.1 Å². The predicted octanol–water partition coefficient (Wildman–Crippen LogP) is 2.68. The fourth-order valence-electron chi connectivity index (χ4n) is 4.08. The highest BCUT2D eigenvalue weighted by Crippen LogP contribution is 2.55. The van der Waals surface area contributed by atoms with E-state index in [1.807, 2.05) is 13.8 Å². The molecule has 2 saturated heterocycles. The van der Waals surface area contributed by atoms with E-state index in [1.165, 1.54) is 4.57 Å². The van der Waals surface area contributed by atoms with Crippen LogP contribution in [0.5, 0.6) is 0 Å². The Morgan fingerprint density at radius 2 is 2.00 bits per heavy atom. The molecule has 1 aromatic heterocycles. The van der Waals surface area contributed by atoms with Gasteiger partial charge in [0.1, 0.15) is 23.6 Å². The van der Waals surface area contributed by atoms with Gasteiger partial charge in [0.05, 0.1) is 5.60 Å². The van der Waals surface area contributed by atoms with E-state index in [0.29, 0.717) is 0 Å². The van der Waals surface area contributed by atoms with E-state index >= 15 is 0 Å². The number of fused-ring (bicyclic) bond motifs is 2. The van der Waals surface area contributed by atoms with E-state index < -0.39 is 37.5 Å². The number of ether oxygens (including phenoxy) is 2. The lowest BCUT2D eigenvalue weighted by molar-refractivity contribution is -0.242. The highest BCUT2D eigenvalue weighted by atomic mass is 28.4. The molecular formula is C18H31N3O4Si. The van der Waals surface area contributed by atoms with Crippen LogP contribution < -0.4 is 11.4 Å². The zero-order valence-corrected chi connectivity index (χ0v) is 17.3. The monoisotopic (exact) mass is 382 g/mol. The first-order chi connectivity index (χ1) is 12.7. The SMILES string of the molecule is [2H]C[C@]12O[C@@H](n3ccc(N)nc3=O)[C@H](OC1(C)C)[C@@H]2O[Si](CC)(CC)CC. The average molecular weight is 383 g/mol. The summed E-state index contributed by atoms with van der Waals surface area (Å²) in [6.07, 6.45) is 0.0489. The number of nitrogen functional groups attached to an aromatic ring is 1. The first-order valence-electron chi connectivity index (χ1n) is 10.1. The molecule has 1 aromatic rings. The molecule has 0 spiro atoms. The maximum absolute atomic E-state index is 12.4. The van der Waals surface area contributed by atoms with Crippen LogP contribution in [0, 0.1) is 0 Å². The van der Waals surface area contributed by atoms with Crippen LogP contribution in [-0.4, -0.2) is 41.3 Å². The number of anilines is 1. The Morgan fingerprint density at radius 1 is 1.35 bits per heavy atom. The molecule has 0 radical (unpaired) electrons. The maximum Gasteiger partial charge on any atom is 0.351 e. The summed E-state index contributed by atoms with van der Waals surface area (Å²) in [6.45, 7) is 10.4. The highest BCUT2D eigenvalue weighted by Gasteiger charge is 2.70. The molecule has 4 atom stereocenters. The molecule has 0 unspecified atom stereocenters. The summed E-state index contributed by atoms with van der Waals surface area (Å²) in [6, 6.07) is 4.54. The van der Waals surface area contributed by atoms with E-state index in [1.54, 1.807) is 12.3 Å². The van der Waals surface area contributed by atoms with Crippen molar-refractivity contribution in [3.8, 4) is 0 Å². The molecule has 26 heavy (non-hydrogen) atoms. The van der Waals surface area contributed by atoms with Gasteiger partial charge in [-0.15, -0.1) is 0 Å². The summed E-state index contributed by atoms with van der Waals surface area (Å²) in [4.78, 5) is 16.2. The number of hydrogen-bond donors (Lipinski definition) is 1. The Morgan fingerprint density at radius 3 is 2.54 bits per heavy atom. The van der Waals surface area contributed by atoms with Gasteiger partial charge in [0, 0.05) is 7.57 Å². The molecule has 2 aliphatic rings. The van der Waals surface area contributed by atoms with Gasteiger partial charge in [0.2, 0.25) is 0 Å². The minimum atomic E-state index is -1.97. The Bertz CT molecular complexity index is 746. The molecule has 7 nitrogen and oxygen atoms in total. The second kappa shape index (κ2) is 6.44. The zero-order chi connectivity index (χ0) is 20.0. The van der Waals surface area contributed by atoms with Crippen molar-refractivity contribution in [1.29, 1.82) is 0 Å². The third kappa shape index (κ3) is 2.74. The van der Waals surface area contributed by atoms with Crippen molar-refractivity contribution in [2.75, 3.05) is 5.73 Å². The molecule has 8 heteroatoms. The van der Waals surface area contributed by atoms with Gasteiger partial charge in [-0.1, -0.05) is 20.8 Å². The summed E-state index contributed by atoms with van der Waals surface area (Å²) in [7, 11) is -1.97. The maximum atomic E-state index is 12.4. The smallest absolute Gasteiger partial charge is 0.351 e. The summed E-state index contributed by atoms with van der Waals surface area (Å²) in [5.74, 6) is 0.165. The standard InChI is InChI=1S/C18H31N3O4Si/c1-7-26(8-2,9-3)25-14-13-15(21-11-10-12(19)20-16(21)22)24-18(14,6)17(4,5)23-13/h10-11,13-15H,7-9H2,1-6H3,(H2,19,20,22)/t13-,14+,15-,18-/m1/s1/i6D. The number of aromatic nitrogens is 2. The molecule has 2 aliphatic heterocycles. The number of hydrogen-bond acceptors (Lipinski definition) is 6. The average Bonchev–Trinajstić information content (AvgIpc) is 3.04. The topological polar surface area (TPSA) is 88.6 Å². The number of nitrogens with zero attached hydrogens (tertiary/aromatic N) is 2. The molecule has 3 rings (SSSR count). The van der Waals surface area contributed by atoms with Gasteiger partial charge in [0.25, 0.3) is 0 Å². The Hall–Kier alpha value is -1.22. The van der Waals surface area contributed by atoms with Crippen LogP contribution in [0.1, 0.15) is 49.1 Å². The highest BCUT2D eigenvalue weighted by molar-refractivity contribution is 6.73. The normalized spacial score (nSPS) is 33.4. The molecule has 2 fully saturated rings. The van der Waals surface area contributed by atoms with Crippen molar-refractivity contribution < 1.29 is 15.3 Å². The molecule has 2 bridgehead atoms. The molecule has 3 heterocycles. The molecule has 0 saturated carbocycles. The minimum Gasteiger partial charge on any atom is -0.408 e. The van der Waals surface area contributed by atoms with Crippen molar-refractivity contribution in [1.82, 2.24) is 9.55 Å². The Labute approximate surface area is 157 Å². The van der Waals surface area contributed by atoms with E-state index in [0.717, 1.165) is 18.1 Å². The predicted molar refractivity (Wildman–Crippen MR) is 102 cm³/mol. The van der Waals surface area contributed by atoms with Crippen molar-refractivity contribution in [3.05, 3.63) is 22.7 Å². The van der Waals surface area contributed by atoms with Gasteiger partial charge in [-0.05, 0) is 44.9 Å². The fraction of sp³-hybridized carbons (Fsp3) is 0.778. The minimum absolute atomic E-state index is 0.00353. The van der Waals surface area contributed by atoms with Crippen LogP contribution in [-0.2, 0) is 13.9 Å². The van der Waals surface area contributed by atoms with Crippen LogP contribution in [0.25, 0.3) is 0 Å². The number of rotatable bonds is 6. The molecule has 0 aliphatic carbocycles. The van der Waals surface area contributed by atoms with Gasteiger partial charge >= 0.3 is 5.69 Å². The lowest BCUT2D eigenvalue weighted by atomic mass is 9.86. The van der Waals surface area contributed by atoms with Crippen molar-refractivity contribution in [2.45, 2.75) is 89.3 Å². The van der Waals surface area contributed by atoms with Crippen LogP contribution in [0.15, 0.2) is 17.1 Å². The lowest BCUT2D eigenvalue weighted by Gasteiger charge is -2.42. The third-order valence-corrected chi connectivity index (χ3v) is 10.9. The van der Waals surface area contributed by atoms with Gasteiger partial charge < -0.3 is 19.6 Å². The van der Waals surface area contributed by atoms with E-state index in [-0.39, 0.29) is 18.8 Å². The van der Waals surface area contributed by atoms with Crippen molar-refractivity contribution in [3.63, 3.8) is 0 Å². The quantitative estimate of drug-likeness (QED) is 0.761. The molecule has 0 aromatic carbocycles. The number of nitrogens with two attached hydrogens (primary N) is 1. The van der Waals surface area contributed by atoms with Gasteiger partial charge in [-0.3, -0.25) is 4.57 Å². The summed E-state index contributed by atoms with van der Waals surface area (Å²) >= 11 is 0. The van der Waals surface area contributed by atoms with Crippen molar-refractivity contribution >= 4 is 14.1 Å². The Kier molecular flexibility index (Phi) is 4.49. The fourth-order valence-corrected chi connectivity index (χ4v) is 6.94. The van der Waals surface area contributed by atoms with E-state index in [9.17, 15) is 4.79 Å². The zero-order valence-electron chi connectivity index (χ0n) is 17.3. The second-order valence-electron chi connectivity index (χ2n) is 7.82. The van der Waals surface area contributed by atoms with Gasteiger partial charge in [-0.25, -0.2) is 4.79 Å². The van der Waals surface area contributed by atoms with Crippen LogP contribution >= 0.6 is 0 Å². The first kappa shape index (κ1) is 18.2. The molecule has 146 valence electrons. The first-order valence-corrected chi connectivity index (χ1v) is 11.9. The Balaban J connectivity index is 2.04. The summed E-state index contributed by atoms with van der Waals surface area (Å²) in [5, 5.41) is 0. The molecule has 2 N–H and O–H groups in total. The lowest BCUT2D eigenvalue weighted by Crippen LogP contribution is -2.54. The molecular weight excluding hydrogens is 350 g/mol. The second-order valence-corrected chi connectivity index (χ2v) is 12.5.